The van der Waals surface area contributed by atoms with E-state index in [-0.39, 0.29) is 11.7 Å². The Bertz CT molecular complexity index is 1090. The highest BCUT2D eigenvalue weighted by Crippen LogP contribution is 2.36. The molecule has 1 heterocycles. The van der Waals surface area contributed by atoms with Crippen LogP contribution in [0, 0.1) is 0 Å². The maximum Gasteiger partial charge on any atom is 0.234 e. The lowest BCUT2D eigenvalue weighted by atomic mass is 10.2. The highest BCUT2D eigenvalue weighted by atomic mass is 35.5. The molecule has 32 heavy (non-hydrogen) atoms. The van der Waals surface area contributed by atoms with Crippen molar-refractivity contribution >= 4 is 40.6 Å². The summed E-state index contributed by atoms with van der Waals surface area (Å²) in [4.78, 5) is 14.6. The zero-order valence-corrected chi connectivity index (χ0v) is 20.3. The minimum atomic E-state index is -0.208. The van der Waals surface area contributed by atoms with Crippen LogP contribution in [0.15, 0.2) is 41.6 Å². The van der Waals surface area contributed by atoms with Crippen LogP contribution >= 0.6 is 23.4 Å². The number of ether oxygens (including phenoxy) is 2. The summed E-state index contributed by atoms with van der Waals surface area (Å²) in [6.07, 6.45) is 0. The molecule has 1 aromatic heterocycles. The number of anilines is 2. The van der Waals surface area contributed by atoms with Crippen LogP contribution in [0.3, 0.4) is 0 Å². The van der Waals surface area contributed by atoms with Crippen molar-refractivity contribution in [2.24, 2.45) is 0 Å². The molecule has 3 rings (SSSR count). The van der Waals surface area contributed by atoms with Gasteiger partial charge >= 0.3 is 0 Å². The van der Waals surface area contributed by atoms with Crippen molar-refractivity contribution in [3.05, 3.63) is 41.4 Å². The first-order valence-corrected chi connectivity index (χ1v) is 11.3. The molecule has 0 aliphatic carbocycles. The number of rotatable bonds is 9. The van der Waals surface area contributed by atoms with Gasteiger partial charge in [0.05, 0.1) is 30.7 Å². The van der Waals surface area contributed by atoms with Gasteiger partial charge in [-0.3, -0.25) is 4.79 Å². The van der Waals surface area contributed by atoms with Gasteiger partial charge in [-0.2, -0.15) is 0 Å². The molecule has 0 atom stereocenters. The number of aromatic nitrogens is 3. The van der Waals surface area contributed by atoms with Gasteiger partial charge in [0.1, 0.15) is 11.5 Å². The topological polar surface area (TPSA) is 81.5 Å². The Labute approximate surface area is 196 Å². The van der Waals surface area contributed by atoms with Crippen LogP contribution in [0.4, 0.5) is 11.4 Å². The number of benzene rings is 2. The third-order valence-electron chi connectivity index (χ3n) is 4.76. The number of thioether (sulfide) groups is 1. The predicted octanol–water partition coefficient (Wildman–Crippen LogP) is 4.43. The molecule has 0 radical (unpaired) electrons. The zero-order valence-electron chi connectivity index (χ0n) is 18.7. The molecule has 170 valence electrons. The molecular weight excluding hydrogens is 450 g/mol. The van der Waals surface area contributed by atoms with Crippen LogP contribution in [0.25, 0.3) is 11.4 Å². The van der Waals surface area contributed by atoms with Crippen molar-refractivity contribution in [2.45, 2.75) is 18.6 Å². The summed E-state index contributed by atoms with van der Waals surface area (Å²) in [5.74, 6) is 1.62. The number of nitrogens with one attached hydrogen (secondary N) is 1. The summed E-state index contributed by atoms with van der Waals surface area (Å²) < 4.78 is 12.5. The Hall–Kier alpha value is -2.91. The second-order valence-corrected chi connectivity index (χ2v) is 8.37. The largest absolute Gasteiger partial charge is 0.495 e. The summed E-state index contributed by atoms with van der Waals surface area (Å²) in [5, 5.41) is 12.6. The molecule has 3 aromatic rings. The molecule has 0 spiro atoms. The van der Waals surface area contributed by atoms with Gasteiger partial charge in [0, 0.05) is 44.0 Å². The first kappa shape index (κ1) is 23.7. The van der Waals surface area contributed by atoms with E-state index in [0.29, 0.717) is 33.9 Å². The number of hydrogen-bond donors (Lipinski definition) is 1. The van der Waals surface area contributed by atoms with Crippen molar-refractivity contribution < 1.29 is 14.3 Å². The molecule has 0 fully saturated rings. The Morgan fingerprint density at radius 1 is 1.12 bits per heavy atom. The van der Waals surface area contributed by atoms with E-state index in [1.807, 2.05) is 54.8 Å². The molecule has 0 unspecified atom stereocenters. The van der Waals surface area contributed by atoms with E-state index in [9.17, 15) is 4.79 Å². The maximum atomic E-state index is 12.6. The lowest BCUT2D eigenvalue weighted by Crippen LogP contribution is -2.15. The van der Waals surface area contributed by atoms with Gasteiger partial charge in [-0.25, -0.2) is 0 Å². The van der Waals surface area contributed by atoms with Crippen molar-refractivity contribution in [2.75, 3.05) is 44.3 Å². The summed E-state index contributed by atoms with van der Waals surface area (Å²) >= 11 is 7.45. The van der Waals surface area contributed by atoms with Crippen LogP contribution in [0.1, 0.15) is 6.92 Å². The molecule has 2 aromatic carbocycles. The standard InChI is InChI=1S/C22H26ClN5O3S/c1-6-28-21(14-7-9-15(10-8-14)27(2)3)25-26-22(28)32-13-20(29)24-17-12-18(30-4)16(23)11-19(17)31-5/h7-12H,6,13H2,1-5H3,(H,24,29). The fourth-order valence-electron chi connectivity index (χ4n) is 3.08. The molecule has 0 saturated heterocycles. The smallest absolute Gasteiger partial charge is 0.234 e. The van der Waals surface area contributed by atoms with E-state index in [1.54, 1.807) is 12.1 Å². The number of methoxy groups -OCH3 is 2. The lowest BCUT2D eigenvalue weighted by molar-refractivity contribution is -0.113. The highest BCUT2D eigenvalue weighted by Gasteiger charge is 2.17. The molecular formula is C22H26ClN5O3S. The van der Waals surface area contributed by atoms with Gasteiger partial charge in [-0.15, -0.1) is 10.2 Å². The van der Waals surface area contributed by atoms with Crippen LogP contribution < -0.4 is 19.7 Å². The van der Waals surface area contributed by atoms with Crippen LogP contribution in [-0.2, 0) is 11.3 Å². The van der Waals surface area contributed by atoms with Crippen molar-refractivity contribution in [1.82, 2.24) is 14.8 Å². The van der Waals surface area contributed by atoms with E-state index < -0.39 is 0 Å². The van der Waals surface area contributed by atoms with Gasteiger partial charge in [0.25, 0.3) is 0 Å². The molecule has 0 bridgehead atoms. The minimum absolute atomic E-state index is 0.159. The zero-order chi connectivity index (χ0) is 23.3. The Morgan fingerprint density at radius 2 is 1.81 bits per heavy atom. The third kappa shape index (κ3) is 5.28. The van der Waals surface area contributed by atoms with Crippen molar-refractivity contribution in [3.63, 3.8) is 0 Å². The average Bonchev–Trinajstić information content (AvgIpc) is 3.21. The summed E-state index contributed by atoms with van der Waals surface area (Å²) in [7, 11) is 7.02. The number of carbonyl (C=O) groups excluding carboxylic acids is 1. The van der Waals surface area contributed by atoms with E-state index in [0.717, 1.165) is 17.1 Å². The Kier molecular flexibility index (Phi) is 7.87. The first-order chi connectivity index (χ1) is 15.4. The van der Waals surface area contributed by atoms with E-state index in [2.05, 4.69) is 15.5 Å². The first-order valence-electron chi connectivity index (χ1n) is 9.93. The molecule has 0 aliphatic heterocycles. The highest BCUT2D eigenvalue weighted by molar-refractivity contribution is 7.99. The van der Waals surface area contributed by atoms with Crippen molar-refractivity contribution in [1.29, 1.82) is 0 Å². The maximum absolute atomic E-state index is 12.6. The molecule has 0 aliphatic rings. The second kappa shape index (κ2) is 10.6. The molecule has 0 saturated carbocycles. The number of carbonyl (C=O) groups is 1. The van der Waals surface area contributed by atoms with Gasteiger partial charge in [-0.05, 0) is 31.2 Å². The number of amides is 1. The molecule has 10 heteroatoms. The molecule has 1 amide bonds. The van der Waals surface area contributed by atoms with E-state index in [4.69, 9.17) is 21.1 Å². The summed E-state index contributed by atoms with van der Waals surface area (Å²) in [6, 6.07) is 11.4. The van der Waals surface area contributed by atoms with Crippen molar-refractivity contribution in [3.8, 4) is 22.9 Å². The Morgan fingerprint density at radius 3 is 2.41 bits per heavy atom. The summed E-state index contributed by atoms with van der Waals surface area (Å²) in [5.41, 5.74) is 2.56. The van der Waals surface area contributed by atoms with E-state index in [1.165, 1.54) is 26.0 Å². The third-order valence-corrected chi connectivity index (χ3v) is 6.02. The average molecular weight is 476 g/mol. The number of hydrogen-bond acceptors (Lipinski definition) is 7. The van der Waals surface area contributed by atoms with E-state index >= 15 is 0 Å². The fourth-order valence-corrected chi connectivity index (χ4v) is 4.11. The van der Waals surface area contributed by atoms with Gasteiger partial charge in [0.2, 0.25) is 5.91 Å². The monoisotopic (exact) mass is 475 g/mol. The lowest BCUT2D eigenvalue weighted by Gasteiger charge is -2.13. The van der Waals surface area contributed by atoms with Crippen LogP contribution in [0.2, 0.25) is 5.02 Å². The predicted molar refractivity (Wildman–Crippen MR) is 129 cm³/mol. The van der Waals surface area contributed by atoms with Gasteiger partial charge in [-0.1, -0.05) is 23.4 Å². The molecule has 8 nitrogen and oxygen atoms in total. The second-order valence-electron chi connectivity index (χ2n) is 7.02. The Balaban J connectivity index is 1.72. The minimum Gasteiger partial charge on any atom is -0.495 e. The van der Waals surface area contributed by atoms with Crippen LogP contribution in [-0.4, -0.2) is 54.7 Å². The SMILES string of the molecule is CCn1c(SCC(=O)Nc2cc(OC)c(Cl)cc2OC)nnc1-c1ccc(N(C)C)cc1. The van der Waals surface area contributed by atoms with Gasteiger partial charge < -0.3 is 24.3 Å². The number of nitrogens with zero attached hydrogens (tertiary/aromatic N) is 4. The normalized spacial score (nSPS) is 10.7. The summed E-state index contributed by atoms with van der Waals surface area (Å²) in [6.45, 7) is 2.71. The fraction of sp³-hybridized carbons (Fsp3) is 0.318. The molecule has 1 N–H and O–H groups in total. The quantitative estimate of drug-likeness (QED) is 0.458. The van der Waals surface area contributed by atoms with Crippen LogP contribution in [0.5, 0.6) is 11.5 Å². The number of halogens is 1. The van der Waals surface area contributed by atoms with Gasteiger partial charge in [0.15, 0.2) is 11.0 Å².